The first kappa shape index (κ1) is 17.9. The van der Waals surface area contributed by atoms with Crippen LogP contribution in [0.25, 0.3) is 11.1 Å². The number of carbonyl (C=O) groups is 1. The molecule has 0 unspecified atom stereocenters. The van der Waals surface area contributed by atoms with Crippen LogP contribution in [0.3, 0.4) is 0 Å². The first-order valence-electron chi connectivity index (χ1n) is 9.58. The summed E-state index contributed by atoms with van der Waals surface area (Å²) in [6.07, 6.45) is 7.49. The van der Waals surface area contributed by atoms with Crippen molar-refractivity contribution in [3.63, 3.8) is 0 Å². The van der Waals surface area contributed by atoms with Crippen LogP contribution in [-0.4, -0.2) is 70.2 Å². The molecule has 4 heterocycles. The molecule has 0 bridgehead atoms. The Labute approximate surface area is 159 Å². The van der Waals surface area contributed by atoms with Crippen LogP contribution in [0.4, 0.5) is 4.79 Å². The average molecular weight is 367 g/mol. The molecule has 0 radical (unpaired) electrons. The second kappa shape index (κ2) is 8.00. The number of hydrogen-bond acceptors (Lipinski definition) is 5. The number of rotatable bonds is 2. The molecule has 27 heavy (non-hydrogen) atoms. The van der Waals surface area contributed by atoms with Gasteiger partial charge in [0.1, 0.15) is 5.82 Å². The molecule has 0 spiro atoms. The summed E-state index contributed by atoms with van der Waals surface area (Å²) in [5, 5.41) is 0. The Balaban J connectivity index is 1.58. The number of hydrogen-bond donors (Lipinski definition) is 0. The first-order chi connectivity index (χ1) is 13.2. The maximum Gasteiger partial charge on any atom is 0.320 e. The number of nitrogens with zero attached hydrogens (tertiary/aromatic N) is 5. The van der Waals surface area contributed by atoms with Gasteiger partial charge in [-0.2, -0.15) is 0 Å². The van der Waals surface area contributed by atoms with Crippen molar-refractivity contribution in [2.75, 3.05) is 39.4 Å². The van der Waals surface area contributed by atoms with E-state index in [9.17, 15) is 4.79 Å². The van der Waals surface area contributed by atoms with Crippen molar-refractivity contribution in [1.29, 1.82) is 0 Å². The minimum atomic E-state index is 0.124. The molecule has 2 aromatic heterocycles. The predicted molar refractivity (Wildman–Crippen MR) is 101 cm³/mol. The number of ether oxygens (including phenoxy) is 1. The van der Waals surface area contributed by atoms with Crippen LogP contribution >= 0.6 is 0 Å². The highest BCUT2D eigenvalue weighted by Crippen LogP contribution is 2.33. The number of urea groups is 1. The van der Waals surface area contributed by atoms with Gasteiger partial charge in [0, 0.05) is 56.3 Å². The van der Waals surface area contributed by atoms with Crippen LogP contribution < -0.4 is 0 Å². The lowest BCUT2D eigenvalue weighted by Gasteiger charge is -2.37. The maximum absolute atomic E-state index is 12.9. The molecule has 4 rings (SSSR count). The van der Waals surface area contributed by atoms with Crippen molar-refractivity contribution in [2.24, 2.45) is 0 Å². The maximum atomic E-state index is 12.9. The summed E-state index contributed by atoms with van der Waals surface area (Å²) < 4.78 is 5.37. The zero-order chi connectivity index (χ0) is 18.6. The van der Waals surface area contributed by atoms with E-state index in [1.807, 2.05) is 35.1 Å². The molecule has 0 aliphatic carbocycles. The highest BCUT2D eigenvalue weighted by Gasteiger charge is 2.30. The van der Waals surface area contributed by atoms with Crippen LogP contribution in [0.15, 0.2) is 30.7 Å². The molecular formula is C20H25N5O2. The van der Waals surface area contributed by atoms with Crippen LogP contribution in [0, 0.1) is 6.92 Å². The summed E-state index contributed by atoms with van der Waals surface area (Å²) in [6.45, 7) is 6.02. The monoisotopic (exact) mass is 367 g/mol. The van der Waals surface area contributed by atoms with Gasteiger partial charge in [-0.1, -0.05) is 0 Å². The third-order valence-electron chi connectivity index (χ3n) is 5.29. The van der Waals surface area contributed by atoms with E-state index in [0.717, 1.165) is 42.0 Å². The Morgan fingerprint density at radius 3 is 2.70 bits per heavy atom. The molecule has 1 atom stereocenters. The molecule has 142 valence electrons. The molecule has 2 aliphatic rings. The summed E-state index contributed by atoms with van der Waals surface area (Å²) in [5.74, 6) is 0.980. The van der Waals surface area contributed by atoms with Gasteiger partial charge >= 0.3 is 6.03 Å². The van der Waals surface area contributed by atoms with Gasteiger partial charge < -0.3 is 14.5 Å². The number of carbonyl (C=O) groups excluding carboxylic acids is 1. The van der Waals surface area contributed by atoms with Crippen molar-refractivity contribution in [3.05, 3.63) is 42.2 Å². The van der Waals surface area contributed by atoms with Gasteiger partial charge in [-0.25, -0.2) is 14.8 Å². The molecule has 0 N–H and O–H groups in total. The minimum absolute atomic E-state index is 0.124. The average Bonchev–Trinajstić information content (AvgIpc) is 2.74. The summed E-state index contributed by atoms with van der Waals surface area (Å²) in [6, 6.07) is 4.09. The highest BCUT2D eigenvalue weighted by molar-refractivity contribution is 5.75. The SMILES string of the molecule is Cc1ncc(-c2ccncc2)c([C@H]2CCCN(C(=O)N3CCOCC3)C2)n1. The fourth-order valence-corrected chi connectivity index (χ4v) is 3.88. The van der Waals surface area contributed by atoms with E-state index < -0.39 is 0 Å². The number of morpholine rings is 1. The van der Waals surface area contributed by atoms with Gasteiger partial charge in [0.25, 0.3) is 0 Å². The Morgan fingerprint density at radius 1 is 1.15 bits per heavy atom. The third kappa shape index (κ3) is 3.93. The van der Waals surface area contributed by atoms with Crippen molar-refractivity contribution < 1.29 is 9.53 Å². The summed E-state index contributed by atoms with van der Waals surface area (Å²) in [7, 11) is 0. The molecule has 2 saturated heterocycles. The lowest BCUT2D eigenvalue weighted by molar-refractivity contribution is 0.0408. The molecule has 2 aliphatic heterocycles. The van der Waals surface area contributed by atoms with Crippen LogP contribution in [0.5, 0.6) is 0 Å². The fourth-order valence-electron chi connectivity index (χ4n) is 3.88. The molecule has 0 aromatic carbocycles. The van der Waals surface area contributed by atoms with E-state index in [2.05, 4.69) is 9.97 Å². The molecule has 2 amide bonds. The topological polar surface area (TPSA) is 71.5 Å². The van der Waals surface area contributed by atoms with Crippen molar-refractivity contribution in [3.8, 4) is 11.1 Å². The lowest BCUT2D eigenvalue weighted by Crippen LogP contribution is -2.50. The molecule has 7 nitrogen and oxygen atoms in total. The number of amides is 2. The zero-order valence-electron chi connectivity index (χ0n) is 15.7. The molecule has 7 heteroatoms. The highest BCUT2D eigenvalue weighted by atomic mass is 16.5. The van der Waals surface area contributed by atoms with Gasteiger partial charge in [0.15, 0.2) is 0 Å². The molecule has 2 aromatic rings. The number of pyridine rings is 1. The smallest absolute Gasteiger partial charge is 0.320 e. The van der Waals surface area contributed by atoms with Gasteiger partial charge in [-0.15, -0.1) is 0 Å². The Hall–Kier alpha value is -2.54. The van der Waals surface area contributed by atoms with Gasteiger partial charge in [-0.05, 0) is 37.5 Å². The Kier molecular flexibility index (Phi) is 5.29. The summed E-state index contributed by atoms with van der Waals surface area (Å²) in [4.78, 5) is 30.1. The van der Waals surface area contributed by atoms with E-state index in [1.165, 1.54) is 0 Å². The predicted octanol–water partition coefficient (Wildman–Crippen LogP) is 2.48. The van der Waals surface area contributed by atoms with Crippen molar-refractivity contribution in [2.45, 2.75) is 25.7 Å². The Bertz CT molecular complexity index is 792. The third-order valence-corrected chi connectivity index (χ3v) is 5.29. The molecular weight excluding hydrogens is 342 g/mol. The first-order valence-corrected chi connectivity index (χ1v) is 9.58. The fraction of sp³-hybridized carbons (Fsp3) is 0.500. The van der Waals surface area contributed by atoms with E-state index >= 15 is 0 Å². The number of likely N-dealkylation sites (tertiary alicyclic amines) is 1. The lowest BCUT2D eigenvalue weighted by atomic mass is 9.90. The quantitative estimate of drug-likeness (QED) is 0.815. The second-order valence-corrected chi connectivity index (χ2v) is 7.12. The number of piperidine rings is 1. The second-order valence-electron chi connectivity index (χ2n) is 7.12. The van der Waals surface area contributed by atoms with Gasteiger partial charge in [-0.3, -0.25) is 4.98 Å². The van der Waals surface area contributed by atoms with Crippen LogP contribution in [-0.2, 0) is 4.74 Å². The minimum Gasteiger partial charge on any atom is -0.378 e. The molecule has 2 fully saturated rings. The summed E-state index contributed by atoms with van der Waals surface area (Å²) in [5.41, 5.74) is 3.14. The van der Waals surface area contributed by atoms with Crippen molar-refractivity contribution >= 4 is 6.03 Å². The largest absolute Gasteiger partial charge is 0.378 e. The number of aryl methyl sites for hydroxylation is 1. The van der Waals surface area contributed by atoms with E-state index in [-0.39, 0.29) is 11.9 Å². The van der Waals surface area contributed by atoms with Crippen LogP contribution in [0.2, 0.25) is 0 Å². The Morgan fingerprint density at radius 2 is 1.93 bits per heavy atom. The van der Waals surface area contributed by atoms with Crippen LogP contribution in [0.1, 0.15) is 30.3 Å². The molecule has 0 saturated carbocycles. The van der Waals surface area contributed by atoms with Gasteiger partial charge in [0.05, 0.1) is 18.9 Å². The normalized spacial score (nSPS) is 20.6. The number of aromatic nitrogens is 3. The van der Waals surface area contributed by atoms with E-state index in [1.54, 1.807) is 12.4 Å². The zero-order valence-corrected chi connectivity index (χ0v) is 15.7. The van der Waals surface area contributed by atoms with E-state index in [0.29, 0.717) is 32.8 Å². The van der Waals surface area contributed by atoms with Crippen molar-refractivity contribution in [1.82, 2.24) is 24.8 Å². The van der Waals surface area contributed by atoms with Gasteiger partial charge in [0.2, 0.25) is 0 Å². The van der Waals surface area contributed by atoms with E-state index in [4.69, 9.17) is 9.72 Å². The summed E-state index contributed by atoms with van der Waals surface area (Å²) >= 11 is 0. The standard InChI is InChI=1S/C20H25N5O2/c1-15-22-13-18(16-4-6-21-7-5-16)19(23-15)17-3-2-8-25(14-17)20(26)24-9-11-27-12-10-24/h4-7,13,17H,2-3,8-12,14H2,1H3/t17-/m0/s1.